The van der Waals surface area contributed by atoms with Gasteiger partial charge in [-0.15, -0.1) is 49.6 Å². The van der Waals surface area contributed by atoms with Gasteiger partial charge in [0.2, 0.25) is 0 Å². The standard InChI is InChI=1S/C7H11N.Al.4ClH.3H/c1-2-8-6-4-3-5-7-8;;;;;;;;/h3-6H,2,7H2,1H3;;4*1H;;;. The van der Waals surface area contributed by atoms with E-state index < -0.39 is 0 Å². The largest absolute Gasteiger partial charge is 0.374 e. The van der Waals surface area contributed by atoms with Gasteiger partial charge in [-0.05, 0) is 19.2 Å². The molecule has 0 unspecified atom stereocenters. The first-order valence-electron chi connectivity index (χ1n) is 3.01. The Morgan fingerprint density at radius 1 is 1.08 bits per heavy atom. The number of halogens is 4. The lowest BCUT2D eigenvalue weighted by molar-refractivity contribution is 0.436. The predicted octanol–water partition coefficient (Wildman–Crippen LogP) is 1.90. The van der Waals surface area contributed by atoms with E-state index in [9.17, 15) is 0 Å². The van der Waals surface area contributed by atoms with Gasteiger partial charge in [-0.3, -0.25) is 0 Å². The van der Waals surface area contributed by atoms with Crippen LogP contribution in [0.4, 0.5) is 0 Å². The van der Waals surface area contributed by atoms with Crippen molar-refractivity contribution >= 4 is 67.0 Å². The van der Waals surface area contributed by atoms with E-state index in [1.165, 1.54) is 0 Å². The molecule has 0 radical (unpaired) electrons. The minimum Gasteiger partial charge on any atom is -0.374 e. The van der Waals surface area contributed by atoms with Crippen LogP contribution in [-0.4, -0.2) is 35.4 Å². The van der Waals surface area contributed by atoms with Gasteiger partial charge in [0.1, 0.15) is 0 Å². The van der Waals surface area contributed by atoms with Crippen LogP contribution in [0.3, 0.4) is 0 Å². The summed E-state index contributed by atoms with van der Waals surface area (Å²) in [6.07, 6.45) is 8.41. The summed E-state index contributed by atoms with van der Waals surface area (Å²) in [4.78, 5) is 2.25. The van der Waals surface area contributed by atoms with E-state index in [1.54, 1.807) is 0 Å². The van der Waals surface area contributed by atoms with E-state index in [2.05, 4.69) is 36.3 Å². The van der Waals surface area contributed by atoms with Gasteiger partial charge in [0.15, 0.2) is 17.4 Å². The molecule has 0 aromatic rings. The normalized spacial score (nSPS) is 10.7. The van der Waals surface area contributed by atoms with Crippen molar-refractivity contribution in [2.24, 2.45) is 0 Å². The summed E-state index contributed by atoms with van der Waals surface area (Å²) in [5.41, 5.74) is 0. The lowest BCUT2D eigenvalue weighted by Crippen LogP contribution is -2.17. The number of rotatable bonds is 1. The van der Waals surface area contributed by atoms with Crippen LogP contribution in [0.15, 0.2) is 24.4 Å². The molecule has 1 nitrogen and oxygen atoms in total. The van der Waals surface area contributed by atoms with Crippen LogP contribution in [0.2, 0.25) is 0 Å². The molecule has 0 saturated carbocycles. The van der Waals surface area contributed by atoms with Crippen LogP contribution in [0, 0.1) is 0 Å². The Hall–Kier alpha value is 0.972. The third-order valence-electron chi connectivity index (χ3n) is 1.29. The molecule has 0 aromatic carbocycles. The Kier molecular flexibility index (Phi) is 42.0. The number of nitrogens with zero attached hydrogens (tertiary/aromatic N) is 1. The Bertz CT molecular complexity index is 130. The smallest absolute Gasteiger partial charge is 0.187 e. The van der Waals surface area contributed by atoms with E-state index >= 15 is 0 Å². The molecule has 1 heterocycles. The monoisotopic (exact) mass is 283 g/mol. The van der Waals surface area contributed by atoms with Crippen LogP contribution in [0.5, 0.6) is 0 Å². The van der Waals surface area contributed by atoms with Gasteiger partial charge in [-0.1, -0.05) is 12.2 Å². The second-order valence-corrected chi connectivity index (χ2v) is 1.86. The number of hydrogen-bond donors (Lipinski definition) is 0. The van der Waals surface area contributed by atoms with Gasteiger partial charge in [0.25, 0.3) is 0 Å². The van der Waals surface area contributed by atoms with Crippen molar-refractivity contribution in [2.45, 2.75) is 6.92 Å². The molecule has 0 spiro atoms. The summed E-state index contributed by atoms with van der Waals surface area (Å²) >= 11 is 0. The zero-order valence-electron chi connectivity index (χ0n) is 6.80. The highest BCUT2D eigenvalue weighted by Gasteiger charge is 1.91. The second kappa shape index (κ2) is 18.7. The van der Waals surface area contributed by atoms with Crippen molar-refractivity contribution in [3.63, 3.8) is 0 Å². The van der Waals surface area contributed by atoms with Crippen LogP contribution < -0.4 is 0 Å². The lowest BCUT2D eigenvalue weighted by atomic mass is 10.3. The van der Waals surface area contributed by atoms with Gasteiger partial charge < -0.3 is 4.90 Å². The zero-order chi connectivity index (χ0) is 5.82. The summed E-state index contributed by atoms with van der Waals surface area (Å²) in [6, 6.07) is 0. The molecule has 0 aromatic heterocycles. The molecule has 6 heteroatoms. The molecule has 0 saturated heterocycles. The van der Waals surface area contributed by atoms with E-state index in [0.717, 1.165) is 13.1 Å². The fourth-order valence-electron chi connectivity index (χ4n) is 0.742. The molecule has 13 heavy (non-hydrogen) atoms. The zero-order valence-corrected chi connectivity index (χ0v) is 10.1. The van der Waals surface area contributed by atoms with Crippen molar-refractivity contribution in [3.8, 4) is 0 Å². The highest BCUT2D eigenvalue weighted by Crippen LogP contribution is 1.95. The van der Waals surface area contributed by atoms with E-state index in [4.69, 9.17) is 0 Å². The maximum absolute atomic E-state index is 2.25. The number of hydrogen-bond acceptors (Lipinski definition) is 1. The van der Waals surface area contributed by atoms with Gasteiger partial charge in [0.05, 0.1) is 0 Å². The summed E-state index contributed by atoms with van der Waals surface area (Å²) in [5.74, 6) is 0. The highest BCUT2D eigenvalue weighted by molar-refractivity contribution is 5.86. The third-order valence-corrected chi connectivity index (χ3v) is 1.29. The van der Waals surface area contributed by atoms with Crippen LogP contribution in [0.1, 0.15) is 6.92 Å². The van der Waals surface area contributed by atoms with Crippen molar-refractivity contribution < 1.29 is 0 Å². The maximum Gasteiger partial charge on any atom is 0.187 e. The van der Waals surface area contributed by atoms with Gasteiger partial charge >= 0.3 is 0 Å². The molecule has 0 amide bonds. The van der Waals surface area contributed by atoms with Crippen molar-refractivity contribution in [1.29, 1.82) is 0 Å². The summed E-state index contributed by atoms with van der Waals surface area (Å²) in [7, 11) is 0. The number of likely N-dealkylation sites (N-methyl/N-ethyl adjacent to an activating group) is 1. The molecule has 1 rings (SSSR count). The fourth-order valence-corrected chi connectivity index (χ4v) is 0.742. The first kappa shape index (κ1) is 29.2. The topological polar surface area (TPSA) is 3.24 Å². The Labute approximate surface area is 116 Å². The number of allylic oxidation sites excluding steroid dienone is 2. The van der Waals surface area contributed by atoms with Crippen molar-refractivity contribution in [2.75, 3.05) is 13.1 Å². The minimum absolute atomic E-state index is 0. The first-order valence-corrected chi connectivity index (χ1v) is 3.01. The highest BCUT2D eigenvalue weighted by atomic mass is 35.5. The predicted molar refractivity (Wildman–Crippen MR) is 74.5 cm³/mol. The van der Waals surface area contributed by atoms with Gasteiger partial charge in [-0.25, -0.2) is 0 Å². The van der Waals surface area contributed by atoms with Gasteiger partial charge in [0, 0.05) is 13.1 Å². The van der Waals surface area contributed by atoms with E-state index in [-0.39, 0.29) is 67.0 Å². The van der Waals surface area contributed by atoms with Crippen molar-refractivity contribution in [1.82, 2.24) is 4.90 Å². The third kappa shape index (κ3) is 13.0. The van der Waals surface area contributed by atoms with Crippen molar-refractivity contribution in [3.05, 3.63) is 24.4 Å². The molecule has 0 atom stereocenters. The fraction of sp³-hybridized carbons (Fsp3) is 0.429. The molecular weight excluding hydrogens is 267 g/mol. The quantitative estimate of drug-likeness (QED) is 0.665. The van der Waals surface area contributed by atoms with Crippen LogP contribution >= 0.6 is 49.6 Å². The molecule has 0 bridgehead atoms. The van der Waals surface area contributed by atoms with E-state index in [0.29, 0.717) is 0 Å². The Morgan fingerprint density at radius 3 is 1.85 bits per heavy atom. The average Bonchev–Trinajstić information content (AvgIpc) is 1.90. The molecule has 1 aliphatic heterocycles. The maximum atomic E-state index is 2.25. The van der Waals surface area contributed by atoms with Crippen LogP contribution in [0.25, 0.3) is 0 Å². The molecular formula is C7H18AlCl4N. The average molecular weight is 285 g/mol. The molecule has 82 valence electrons. The Balaban J connectivity index is -0.0000000427. The summed E-state index contributed by atoms with van der Waals surface area (Å²) < 4.78 is 0. The Morgan fingerprint density at radius 2 is 1.62 bits per heavy atom. The minimum atomic E-state index is 0. The summed E-state index contributed by atoms with van der Waals surface area (Å²) in [6.45, 7) is 4.34. The lowest BCUT2D eigenvalue weighted by Gasteiger charge is -2.16. The summed E-state index contributed by atoms with van der Waals surface area (Å²) in [5, 5.41) is 0. The molecule has 0 N–H and O–H groups in total. The first-order chi connectivity index (χ1) is 3.93. The van der Waals surface area contributed by atoms with Crippen LogP contribution in [-0.2, 0) is 0 Å². The second-order valence-electron chi connectivity index (χ2n) is 1.86. The molecule has 0 fully saturated rings. The molecule has 1 aliphatic rings. The van der Waals surface area contributed by atoms with Gasteiger partial charge in [-0.2, -0.15) is 0 Å². The SMILES string of the molecule is CCN1C=CC=CC1.Cl.Cl.Cl.Cl.[AlH3]. The molecule has 0 aliphatic carbocycles. The van der Waals surface area contributed by atoms with E-state index in [1.807, 2.05) is 0 Å².